The summed E-state index contributed by atoms with van der Waals surface area (Å²) in [7, 11) is 0. The molecular weight excluding hydrogens is 350 g/mol. The average molecular weight is 382 g/mol. The highest BCUT2D eigenvalue weighted by Crippen LogP contribution is 2.19. The van der Waals surface area contributed by atoms with Crippen LogP contribution in [0.3, 0.4) is 0 Å². The van der Waals surface area contributed by atoms with Gasteiger partial charge in [-0.25, -0.2) is 4.98 Å². The van der Waals surface area contributed by atoms with Crippen LogP contribution in [0.15, 0.2) is 18.2 Å². The van der Waals surface area contributed by atoms with Crippen molar-refractivity contribution in [3.8, 4) is 17.9 Å². The Labute approximate surface area is 169 Å². The molecule has 0 spiro atoms. The van der Waals surface area contributed by atoms with Crippen molar-refractivity contribution in [3.63, 3.8) is 0 Å². The third kappa shape index (κ3) is 5.94. The molecule has 2 aliphatic heterocycles. The average Bonchev–Trinajstić information content (AvgIpc) is 2.74. The zero-order valence-electron chi connectivity index (χ0n) is 17.1. The predicted molar refractivity (Wildman–Crippen MR) is 111 cm³/mol. The molecule has 6 heteroatoms. The number of rotatable bonds is 5. The molecule has 2 saturated heterocycles. The Morgan fingerprint density at radius 3 is 2.54 bits per heavy atom. The van der Waals surface area contributed by atoms with E-state index in [4.69, 9.17) is 10.00 Å². The van der Waals surface area contributed by atoms with Crippen molar-refractivity contribution in [1.82, 2.24) is 14.8 Å². The molecule has 6 nitrogen and oxygen atoms in total. The van der Waals surface area contributed by atoms with E-state index in [-0.39, 0.29) is 6.10 Å². The molecule has 3 heterocycles. The van der Waals surface area contributed by atoms with Crippen LogP contribution in [0.5, 0.6) is 0 Å². The number of piperazine rings is 1. The van der Waals surface area contributed by atoms with Gasteiger partial charge in [-0.1, -0.05) is 17.9 Å². The Bertz CT molecular complexity index is 716. The molecule has 1 aromatic heterocycles. The summed E-state index contributed by atoms with van der Waals surface area (Å²) in [6, 6.07) is 8.34. The van der Waals surface area contributed by atoms with Gasteiger partial charge in [-0.2, -0.15) is 5.26 Å². The molecule has 1 aromatic rings. The van der Waals surface area contributed by atoms with E-state index in [0.29, 0.717) is 18.3 Å². The van der Waals surface area contributed by atoms with Gasteiger partial charge in [0.1, 0.15) is 24.2 Å². The lowest BCUT2D eigenvalue weighted by atomic mass is 10.1. The molecule has 0 unspecified atom stereocenters. The van der Waals surface area contributed by atoms with Crippen molar-refractivity contribution in [1.29, 1.82) is 5.26 Å². The first kappa shape index (κ1) is 20.6. The van der Waals surface area contributed by atoms with Crippen molar-refractivity contribution < 1.29 is 4.74 Å². The van der Waals surface area contributed by atoms with Crippen LogP contribution in [0.1, 0.15) is 32.4 Å². The van der Waals surface area contributed by atoms with Gasteiger partial charge in [0.05, 0.1) is 12.6 Å². The van der Waals surface area contributed by atoms with Gasteiger partial charge in [-0.15, -0.1) is 0 Å². The second-order valence-electron chi connectivity index (χ2n) is 7.75. The highest BCUT2D eigenvalue weighted by molar-refractivity contribution is 5.41. The van der Waals surface area contributed by atoms with Gasteiger partial charge in [-0.3, -0.25) is 9.80 Å². The molecular formula is C22H31N5O. The maximum absolute atomic E-state index is 8.99. The van der Waals surface area contributed by atoms with E-state index in [0.717, 1.165) is 64.5 Å². The number of piperidine rings is 1. The Morgan fingerprint density at radius 1 is 1.11 bits per heavy atom. The SMILES string of the molecule is CC(C)N1CCN(CC#CCOC2CCN(c3cccc(C#N)n3)CC2)CC1. The number of hydrogen-bond donors (Lipinski definition) is 0. The second-order valence-corrected chi connectivity index (χ2v) is 7.75. The van der Waals surface area contributed by atoms with Crippen molar-refractivity contribution in [2.24, 2.45) is 0 Å². The molecule has 0 N–H and O–H groups in total. The van der Waals surface area contributed by atoms with Crippen LogP contribution in [-0.4, -0.2) is 79.3 Å². The summed E-state index contributed by atoms with van der Waals surface area (Å²) in [6.45, 7) is 12.2. The van der Waals surface area contributed by atoms with E-state index in [1.807, 2.05) is 12.1 Å². The van der Waals surface area contributed by atoms with Crippen LogP contribution >= 0.6 is 0 Å². The van der Waals surface area contributed by atoms with Gasteiger partial charge in [0.15, 0.2) is 0 Å². The monoisotopic (exact) mass is 381 g/mol. The van der Waals surface area contributed by atoms with Gasteiger partial charge in [0, 0.05) is 45.3 Å². The molecule has 3 rings (SSSR count). The molecule has 0 radical (unpaired) electrons. The Morgan fingerprint density at radius 2 is 1.86 bits per heavy atom. The summed E-state index contributed by atoms with van der Waals surface area (Å²) in [5, 5.41) is 8.99. The molecule has 0 aromatic carbocycles. The molecule has 0 bridgehead atoms. The molecule has 0 aliphatic carbocycles. The first-order valence-electron chi connectivity index (χ1n) is 10.3. The largest absolute Gasteiger partial charge is 0.365 e. The molecule has 2 fully saturated rings. The predicted octanol–water partition coefficient (Wildman–Crippen LogP) is 1.97. The van der Waals surface area contributed by atoms with Gasteiger partial charge in [-0.05, 0) is 38.8 Å². The number of nitriles is 1. The summed E-state index contributed by atoms with van der Waals surface area (Å²) in [6.07, 6.45) is 2.20. The quantitative estimate of drug-likeness (QED) is 0.727. The van der Waals surface area contributed by atoms with E-state index < -0.39 is 0 Å². The van der Waals surface area contributed by atoms with E-state index in [2.05, 4.69) is 51.4 Å². The van der Waals surface area contributed by atoms with Crippen molar-refractivity contribution in [2.75, 3.05) is 57.3 Å². The van der Waals surface area contributed by atoms with E-state index in [1.165, 1.54) is 0 Å². The zero-order valence-corrected chi connectivity index (χ0v) is 17.1. The van der Waals surface area contributed by atoms with Crippen LogP contribution in [0, 0.1) is 23.2 Å². The molecule has 0 atom stereocenters. The lowest BCUT2D eigenvalue weighted by Gasteiger charge is -2.36. The lowest BCUT2D eigenvalue weighted by Crippen LogP contribution is -2.48. The number of anilines is 1. The standard InChI is InChI=1S/C22H31N5O/c1-19(2)26-15-13-25(14-16-26)10-3-4-17-28-21-8-11-27(12-9-21)22-7-5-6-20(18-23)24-22/h5-7,19,21H,8-17H2,1-2H3. The zero-order chi connectivity index (χ0) is 19.8. The van der Waals surface area contributed by atoms with Gasteiger partial charge >= 0.3 is 0 Å². The van der Waals surface area contributed by atoms with Crippen LogP contribution in [-0.2, 0) is 4.74 Å². The number of ether oxygens (including phenoxy) is 1. The molecule has 2 aliphatic rings. The first-order valence-corrected chi connectivity index (χ1v) is 10.3. The van der Waals surface area contributed by atoms with Crippen molar-refractivity contribution >= 4 is 5.82 Å². The summed E-state index contributed by atoms with van der Waals surface area (Å²) >= 11 is 0. The summed E-state index contributed by atoms with van der Waals surface area (Å²) in [4.78, 5) is 11.5. The fraction of sp³-hybridized carbons (Fsp3) is 0.636. The number of pyridine rings is 1. The maximum atomic E-state index is 8.99. The summed E-state index contributed by atoms with van der Waals surface area (Å²) < 4.78 is 5.95. The fourth-order valence-corrected chi connectivity index (χ4v) is 3.73. The van der Waals surface area contributed by atoms with Gasteiger partial charge in [0.25, 0.3) is 0 Å². The molecule has 28 heavy (non-hydrogen) atoms. The summed E-state index contributed by atoms with van der Waals surface area (Å²) in [5.41, 5.74) is 0.469. The fourth-order valence-electron chi connectivity index (χ4n) is 3.73. The highest BCUT2D eigenvalue weighted by Gasteiger charge is 2.21. The number of hydrogen-bond acceptors (Lipinski definition) is 6. The van der Waals surface area contributed by atoms with E-state index in [9.17, 15) is 0 Å². The van der Waals surface area contributed by atoms with E-state index in [1.54, 1.807) is 6.07 Å². The Hall–Kier alpha value is -2.12. The van der Waals surface area contributed by atoms with Crippen LogP contribution in [0.25, 0.3) is 0 Å². The van der Waals surface area contributed by atoms with E-state index >= 15 is 0 Å². The van der Waals surface area contributed by atoms with Gasteiger partial charge < -0.3 is 9.64 Å². The van der Waals surface area contributed by atoms with Gasteiger partial charge in [0.2, 0.25) is 0 Å². The third-order valence-electron chi connectivity index (χ3n) is 5.57. The van der Waals surface area contributed by atoms with Crippen LogP contribution < -0.4 is 4.90 Å². The normalized spacial score (nSPS) is 19.3. The number of aromatic nitrogens is 1. The van der Waals surface area contributed by atoms with Crippen LogP contribution in [0.4, 0.5) is 5.82 Å². The Balaban J connectivity index is 1.32. The smallest absolute Gasteiger partial charge is 0.142 e. The second kappa shape index (κ2) is 10.4. The summed E-state index contributed by atoms with van der Waals surface area (Å²) in [5.74, 6) is 7.33. The third-order valence-corrected chi connectivity index (χ3v) is 5.57. The first-order chi connectivity index (χ1) is 13.7. The minimum Gasteiger partial charge on any atom is -0.365 e. The van der Waals surface area contributed by atoms with Crippen molar-refractivity contribution in [2.45, 2.75) is 38.8 Å². The minimum atomic E-state index is 0.263. The van der Waals surface area contributed by atoms with Crippen molar-refractivity contribution in [3.05, 3.63) is 23.9 Å². The lowest BCUT2D eigenvalue weighted by molar-refractivity contribution is 0.0593. The molecule has 0 saturated carbocycles. The maximum Gasteiger partial charge on any atom is 0.142 e. The highest BCUT2D eigenvalue weighted by atomic mass is 16.5. The molecule has 150 valence electrons. The Kier molecular flexibility index (Phi) is 7.68. The minimum absolute atomic E-state index is 0.263. The van der Waals surface area contributed by atoms with Crippen LogP contribution in [0.2, 0.25) is 0 Å². The molecule has 0 amide bonds. The topological polar surface area (TPSA) is 55.6 Å². The number of nitrogens with zero attached hydrogens (tertiary/aromatic N) is 5.